The fourth-order valence-corrected chi connectivity index (χ4v) is 4.69. The molecule has 2 aliphatic heterocycles. The predicted octanol–water partition coefficient (Wildman–Crippen LogP) is 1.55. The summed E-state index contributed by atoms with van der Waals surface area (Å²) < 4.78 is 4.68. The van der Waals surface area contributed by atoms with E-state index < -0.39 is 28.5 Å². The number of nitrogens with one attached hydrogen (secondary N) is 1. The molecule has 2 heterocycles. The molecule has 0 bridgehead atoms. The van der Waals surface area contributed by atoms with Crippen LogP contribution in [0.5, 0.6) is 0 Å². The van der Waals surface area contributed by atoms with Gasteiger partial charge >= 0.3 is 6.09 Å². The van der Waals surface area contributed by atoms with E-state index in [1.165, 1.54) is 27.8 Å². The second kappa shape index (κ2) is 6.88. The summed E-state index contributed by atoms with van der Waals surface area (Å²) in [6, 6.07) is -1.38. The van der Waals surface area contributed by atoms with Gasteiger partial charge in [-0.25, -0.2) is 4.79 Å². The number of hydrogen-bond acceptors (Lipinski definition) is 5. The molecule has 0 radical (unpaired) electrons. The smallest absolute Gasteiger partial charge is 0.408 e. The van der Waals surface area contributed by atoms with Crippen molar-refractivity contribution >= 4 is 29.7 Å². The lowest BCUT2D eigenvalue weighted by Gasteiger charge is -2.44. The van der Waals surface area contributed by atoms with Crippen molar-refractivity contribution in [1.82, 2.24) is 15.1 Å². The Morgan fingerprint density at radius 2 is 2.12 bits per heavy atom. The number of carbonyl (C=O) groups excluding carboxylic acids is 3. The van der Waals surface area contributed by atoms with E-state index in [1.54, 1.807) is 20.8 Å². The van der Waals surface area contributed by atoms with Gasteiger partial charge in [-0.05, 0) is 34.6 Å². The minimum atomic E-state index is -0.711. The summed E-state index contributed by atoms with van der Waals surface area (Å²) >= 11 is 1.47. The monoisotopic (exact) mass is 379 g/mol. The first kappa shape index (κ1) is 20.2. The first-order valence-corrected chi connectivity index (χ1v) is 9.17. The molecule has 0 saturated carbocycles. The Hall–Kier alpha value is -2.14. The topological polar surface area (TPSA) is 79.0 Å². The molecule has 2 saturated heterocycles. The molecule has 0 aliphatic carbocycles. The molecule has 2 fully saturated rings. The zero-order chi connectivity index (χ0) is 19.9. The number of alkyl carbamates (subject to hydrolysis) is 1. The molecule has 3 amide bonds. The Labute approximate surface area is 158 Å². The molecule has 0 aromatic heterocycles. The van der Waals surface area contributed by atoms with Crippen molar-refractivity contribution in [2.45, 2.75) is 62.4 Å². The van der Waals surface area contributed by atoms with Gasteiger partial charge in [-0.3, -0.25) is 9.59 Å². The molecule has 0 aromatic carbocycles. The number of rotatable bonds is 4. The van der Waals surface area contributed by atoms with Crippen molar-refractivity contribution in [1.29, 1.82) is 0 Å². The van der Waals surface area contributed by atoms with Crippen LogP contribution in [-0.2, 0) is 14.3 Å². The largest absolute Gasteiger partial charge is 0.444 e. The van der Waals surface area contributed by atoms with E-state index in [1.807, 2.05) is 13.8 Å². The summed E-state index contributed by atoms with van der Waals surface area (Å²) in [6.07, 6.45) is 6.02. The highest BCUT2D eigenvalue weighted by molar-refractivity contribution is 8.01. The molecule has 0 spiro atoms. The van der Waals surface area contributed by atoms with Gasteiger partial charge in [-0.2, -0.15) is 0 Å². The van der Waals surface area contributed by atoms with Crippen LogP contribution in [0.3, 0.4) is 0 Å². The zero-order valence-electron chi connectivity index (χ0n) is 15.7. The van der Waals surface area contributed by atoms with Crippen molar-refractivity contribution in [2.24, 2.45) is 0 Å². The molecule has 7 nitrogen and oxygen atoms in total. The van der Waals surface area contributed by atoms with Gasteiger partial charge in [0.15, 0.2) is 0 Å². The van der Waals surface area contributed by atoms with Crippen molar-refractivity contribution in [3.8, 4) is 12.3 Å². The second-order valence-electron chi connectivity index (χ2n) is 7.74. The molecule has 3 atom stereocenters. The third-order valence-corrected chi connectivity index (χ3v) is 5.68. The number of ether oxygens (including phenoxy) is 1. The van der Waals surface area contributed by atoms with Gasteiger partial charge in [0.2, 0.25) is 5.91 Å². The Morgan fingerprint density at radius 1 is 1.50 bits per heavy atom. The van der Waals surface area contributed by atoms with E-state index in [4.69, 9.17) is 11.2 Å². The van der Waals surface area contributed by atoms with Gasteiger partial charge < -0.3 is 19.9 Å². The average molecular weight is 379 g/mol. The third-order valence-electron chi connectivity index (χ3n) is 4.11. The van der Waals surface area contributed by atoms with E-state index in [0.29, 0.717) is 0 Å². The maximum absolute atomic E-state index is 12.9. The Balaban J connectivity index is 2.15. The summed E-state index contributed by atoms with van der Waals surface area (Å²) in [5, 5.41) is 2.29. The maximum atomic E-state index is 12.9. The van der Waals surface area contributed by atoms with Gasteiger partial charge in [0, 0.05) is 10.9 Å². The van der Waals surface area contributed by atoms with Crippen molar-refractivity contribution in [3.05, 3.63) is 12.8 Å². The number of terminal acetylenes is 1. The molecule has 142 valence electrons. The van der Waals surface area contributed by atoms with Crippen molar-refractivity contribution in [3.63, 3.8) is 0 Å². The van der Waals surface area contributed by atoms with Crippen LogP contribution in [0.25, 0.3) is 0 Å². The fourth-order valence-electron chi connectivity index (χ4n) is 3.07. The highest BCUT2D eigenvalue weighted by Crippen LogP contribution is 2.51. The maximum Gasteiger partial charge on any atom is 0.408 e. The summed E-state index contributed by atoms with van der Waals surface area (Å²) in [4.78, 5) is 40.3. The molecular formula is C18H25N3O4S. The van der Waals surface area contributed by atoms with Crippen LogP contribution >= 0.6 is 11.8 Å². The van der Waals surface area contributed by atoms with Crippen LogP contribution in [0.2, 0.25) is 0 Å². The predicted molar refractivity (Wildman–Crippen MR) is 100.0 cm³/mol. The van der Waals surface area contributed by atoms with Crippen LogP contribution in [-0.4, -0.2) is 62.1 Å². The SMILES string of the molecule is C#CCN(C=C)C(=O)[C@@H]1N2C(=O)[C@@H](NC(=O)OC(C)(C)C)[C@H]2SC1(C)C. The number of carbonyl (C=O) groups is 3. The van der Waals surface area contributed by atoms with Crippen LogP contribution in [0.4, 0.5) is 4.79 Å². The fraction of sp³-hybridized carbons (Fsp3) is 0.611. The number of fused-ring (bicyclic) bond motifs is 1. The first-order valence-electron chi connectivity index (χ1n) is 8.29. The minimum absolute atomic E-state index is 0.0892. The van der Waals surface area contributed by atoms with Crippen LogP contribution in [0, 0.1) is 12.3 Å². The lowest BCUT2D eigenvalue weighted by atomic mass is 9.95. The number of β-lactam (4-membered cyclic amide) rings is 1. The lowest BCUT2D eigenvalue weighted by molar-refractivity contribution is -0.155. The number of hydrogen-bond donors (Lipinski definition) is 1. The van der Waals surface area contributed by atoms with E-state index >= 15 is 0 Å². The number of amides is 3. The minimum Gasteiger partial charge on any atom is -0.444 e. The Morgan fingerprint density at radius 3 is 2.62 bits per heavy atom. The van der Waals surface area contributed by atoms with E-state index in [9.17, 15) is 14.4 Å². The van der Waals surface area contributed by atoms with Crippen LogP contribution in [0.1, 0.15) is 34.6 Å². The van der Waals surface area contributed by atoms with E-state index in [2.05, 4.69) is 17.8 Å². The normalized spacial score (nSPS) is 26.2. The molecule has 8 heteroatoms. The number of thioether (sulfide) groups is 1. The summed E-state index contributed by atoms with van der Waals surface area (Å²) in [7, 11) is 0. The van der Waals surface area contributed by atoms with Gasteiger partial charge in [0.05, 0.1) is 6.54 Å². The third kappa shape index (κ3) is 3.68. The van der Waals surface area contributed by atoms with Gasteiger partial charge in [0.1, 0.15) is 23.1 Å². The molecule has 0 unspecified atom stereocenters. The highest BCUT2D eigenvalue weighted by atomic mass is 32.2. The van der Waals surface area contributed by atoms with Gasteiger partial charge in [-0.1, -0.05) is 12.5 Å². The average Bonchev–Trinajstić information content (AvgIpc) is 2.76. The quantitative estimate of drug-likeness (QED) is 0.592. The summed E-state index contributed by atoms with van der Waals surface area (Å²) in [6.45, 7) is 12.7. The Kier molecular flexibility index (Phi) is 5.34. The number of nitrogens with zero attached hydrogens (tertiary/aromatic N) is 2. The van der Waals surface area contributed by atoms with E-state index in [0.717, 1.165) is 0 Å². The van der Waals surface area contributed by atoms with Crippen molar-refractivity contribution in [2.75, 3.05) is 6.54 Å². The van der Waals surface area contributed by atoms with Crippen molar-refractivity contribution < 1.29 is 19.1 Å². The highest BCUT2D eigenvalue weighted by Gasteiger charge is 2.64. The van der Waals surface area contributed by atoms with E-state index in [-0.39, 0.29) is 23.7 Å². The van der Waals surface area contributed by atoms with Gasteiger partial charge in [-0.15, -0.1) is 18.2 Å². The molecule has 26 heavy (non-hydrogen) atoms. The molecule has 0 aromatic rings. The lowest BCUT2D eigenvalue weighted by Crippen LogP contribution is -2.71. The van der Waals surface area contributed by atoms with Gasteiger partial charge in [0.25, 0.3) is 5.91 Å². The van der Waals surface area contributed by atoms with Crippen LogP contribution < -0.4 is 5.32 Å². The molecule has 1 N–H and O–H groups in total. The van der Waals surface area contributed by atoms with Crippen LogP contribution in [0.15, 0.2) is 12.8 Å². The summed E-state index contributed by atoms with van der Waals surface area (Å²) in [5.74, 6) is 1.83. The summed E-state index contributed by atoms with van der Waals surface area (Å²) in [5.41, 5.74) is -0.656. The zero-order valence-corrected chi connectivity index (χ0v) is 16.6. The first-order chi connectivity index (χ1) is 11.9. The molecule has 2 aliphatic rings. The second-order valence-corrected chi connectivity index (χ2v) is 9.51. The molecular weight excluding hydrogens is 354 g/mol. The Bertz CT molecular complexity index is 677. The standard InChI is InChI=1S/C18H25N3O4S/c1-8-10-20(9-2)14(23)12-18(6,7)26-15-11(13(22)21(12)15)19-16(24)25-17(3,4)5/h1,9,11-12,15H,2,10H2,3-7H3,(H,19,24)/t11-,12+,15-/m1/s1. The molecule has 2 rings (SSSR count).